The first kappa shape index (κ1) is 23.5. The van der Waals surface area contributed by atoms with E-state index in [0.29, 0.717) is 0 Å². The van der Waals surface area contributed by atoms with Crippen LogP contribution in [-0.4, -0.2) is 4.57 Å². The van der Waals surface area contributed by atoms with Crippen LogP contribution in [0.1, 0.15) is 41.0 Å². The van der Waals surface area contributed by atoms with Crippen molar-refractivity contribution in [3.63, 3.8) is 0 Å². The zero-order valence-corrected chi connectivity index (χ0v) is 23.2. The van der Waals surface area contributed by atoms with Gasteiger partial charge < -0.3 is 9.88 Å². The summed E-state index contributed by atoms with van der Waals surface area (Å²) in [5.74, 6) is 0. The summed E-state index contributed by atoms with van der Waals surface area (Å²) in [7, 11) is 0. The van der Waals surface area contributed by atoms with Gasteiger partial charge in [0.15, 0.2) is 0 Å². The molecule has 2 nitrogen and oxygen atoms in total. The third kappa shape index (κ3) is 3.92. The SMILES string of the molecule is C1=Cc2c(n(C3=Cc4c(sc5ccc(Nc6ccccc6-c6ccccc6)cc45)CCC3)c3ccccc23)CC1. The number of para-hydroxylation sites is 2. The molecular formula is C37H30N2S. The van der Waals surface area contributed by atoms with Crippen LogP contribution in [-0.2, 0) is 12.8 Å². The first-order valence-electron chi connectivity index (χ1n) is 14.3. The second kappa shape index (κ2) is 9.69. The molecule has 2 aromatic heterocycles. The minimum atomic E-state index is 1.10. The van der Waals surface area contributed by atoms with Crippen LogP contribution in [0.15, 0.2) is 103 Å². The molecule has 2 heterocycles. The molecule has 4 aromatic carbocycles. The Kier molecular flexibility index (Phi) is 5.70. The summed E-state index contributed by atoms with van der Waals surface area (Å²) in [6.45, 7) is 0. The number of aromatic nitrogens is 1. The quantitative estimate of drug-likeness (QED) is 0.238. The number of nitrogens with one attached hydrogen (secondary N) is 1. The molecule has 0 fully saturated rings. The molecule has 40 heavy (non-hydrogen) atoms. The van der Waals surface area contributed by atoms with Gasteiger partial charge in [0.25, 0.3) is 0 Å². The summed E-state index contributed by atoms with van der Waals surface area (Å²) in [4.78, 5) is 1.51. The van der Waals surface area contributed by atoms with Crippen molar-refractivity contribution in [2.75, 3.05) is 5.32 Å². The van der Waals surface area contributed by atoms with E-state index in [9.17, 15) is 0 Å². The zero-order chi connectivity index (χ0) is 26.5. The number of allylic oxidation sites excluding steroid dienone is 2. The van der Waals surface area contributed by atoms with Crippen molar-refractivity contribution >= 4 is 61.5 Å². The molecule has 0 amide bonds. The van der Waals surface area contributed by atoms with Gasteiger partial charge in [-0.1, -0.05) is 78.9 Å². The van der Waals surface area contributed by atoms with Crippen molar-refractivity contribution < 1.29 is 0 Å². The lowest BCUT2D eigenvalue weighted by Crippen LogP contribution is -2.04. The summed E-state index contributed by atoms with van der Waals surface area (Å²) in [5.41, 5.74) is 11.8. The van der Waals surface area contributed by atoms with Crippen LogP contribution in [0.4, 0.5) is 11.4 Å². The summed E-state index contributed by atoms with van der Waals surface area (Å²) in [6, 6.07) is 35.0. The van der Waals surface area contributed by atoms with E-state index in [2.05, 4.69) is 125 Å². The summed E-state index contributed by atoms with van der Waals surface area (Å²) >= 11 is 1.97. The van der Waals surface area contributed by atoms with E-state index in [1.54, 1.807) is 0 Å². The van der Waals surface area contributed by atoms with Crippen LogP contribution in [0.25, 0.3) is 50.0 Å². The predicted octanol–water partition coefficient (Wildman–Crippen LogP) is 10.6. The topological polar surface area (TPSA) is 17.0 Å². The summed E-state index contributed by atoms with van der Waals surface area (Å²) in [6.07, 6.45) is 12.8. The minimum Gasteiger partial charge on any atom is -0.355 e. The van der Waals surface area contributed by atoms with Crippen molar-refractivity contribution in [2.45, 2.75) is 32.1 Å². The Morgan fingerprint density at radius 2 is 1.57 bits per heavy atom. The van der Waals surface area contributed by atoms with Crippen LogP contribution >= 0.6 is 11.3 Å². The molecule has 8 rings (SSSR count). The largest absolute Gasteiger partial charge is 0.355 e. The van der Waals surface area contributed by atoms with E-state index in [-0.39, 0.29) is 0 Å². The van der Waals surface area contributed by atoms with Crippen LogP contribution in [0.5, 0.6) is 0 Å². The maximum absolute atomic E-state index is 3.75. The van der Waals surface area contributed by atoms with Crippen LogP contribution in [0.2, 0.25) is 0 Å². The number of aryl methyl sites for hydroxylation is 1. The highest BCUT2D eigenvalue weighted by Gasteiger charge is 2.22. The Morgan fingerprint density at radius 1 is 0.725 bits per heavy atom. The highest BCUT2D eigenvalue weighted by Crippen LogP contribution is 2.42. The summed E-state index contributed by atoms with van der Waals surface area (Å²) in [5, 5.41) is 6.48. The molecule has 194 valence electrons. The minimum absolute atomic E-state index is 1.10. The van der Waals surface area contributed by atoms with Crippen molar-refractivity contribution in [3.8, 4) is 11.1 Å². The molecule has 2 aliphatic carbocycles. The number of hydrogen-bond acceptors (Lipinski definition) is 2. The number of hydrogen-bond donors (Lipinski definition) is 1. The normalized spacial score (nSPS) is 14.6. The molecule has 0 unspecified atom stereocenters. The monoisotopic (exact) mass is 534 g/mol. The van der Waals surface area contributed by atoms with Gasteiger partial charge in [0.1, 0.15) is 0 Å². The van der Waals surface area contributed by atoms with Crippen molar-refractivity contribution in [3.05, 3.63) is 125 Å². The number of benzene rings is 4. The van der Waals surface area contributed by atoms with Gasteiger partial charge in [-0.3, -0.25) is 0 Å². The Labute approximate surface area is 238 Å². The maximum Gasteiger partial charge on any atom is 0.0534 e. The standard InChI is InChI=1S/C37H30N2S/c1-2-11-25(12-3-1)28-14-4-7-17-33(28)38-26-21-22-37-31(23-26)32-24-27(13-10-20-36(32)40-37)39-34-18-8-5-15-29(34)30-16-6-9-19-35(30)39/h1-8,11-12,14-18,21-24,38H,9-10,13,19-20H2. The lowest BCUT2D eigenvalue weighted by molar-refractivity contribution is 0.820. The first-order valence-corrected chi connectivity index (χ1v) is 15.1. The molecule has 2 aliphatic rings. The summed E-state index contributed by atoms with van der Waals surface area (Å²) < 4.78 is 3.96. The van der Waals surface area contributed by atoms with Gasteiger partial charge in [0.2, 0.25) is 0 Å². The molecule has 0 saturated heterocycles. The first-order chi connectivity index (χ1) is 19.8. The van der Waals surface area contributed by atoms with Crippen molar-refractivity contribution in [1.82, 2.24) is 4.57 Å². The second-order valence-electron chi connectivity index (χ2n) is 10.8. The highest BCUT2D eigenvalue weighted by atomic mass is 32.1. The fraction of sp³-hybridized carbons (Fsp3) is 0.135. The second-order valence-corrected chi connectivity index (χ2v) is 12.0. The van der Waals surface area contributed by atoms with Crippen LogP contribution < -0.4 is 5.32 Å². The Balaban J connectivity index is 1.24. The molecule has 6 aromatic rings. The molecular weight excluding hydrogens is 504 g/mol. The molecule has 0 radical (unpaired) electrons. The Morgan fingerprint density at radius 3 is 2.52 bits per heavy atom. The zero-order valence-electron chi connectivity index (χ0n) is 22.4. The van der Waals surface area contributed by atoms with Gasteiger partial charge >= 0.3 is 0 Å². The van der Waals surface area contributed by atoms with Crippen molar-refractivity contribution in [1.29, 1.82) is 0 Å². The number of thiophene rings is 1. The lowest BCUT2D eigenvalue weighted by Gasteiger charge is -2.16. The molecule has 0 atom stereocenters. The molecule has 0 bridgehead atoms. The average molecular weight is 535 g/mol. The maximum atomic E-state index is 3.75. The molecule has 0 spiro atoms. The predicted molar refractivity (Wildman–Crippen MR) is 173 cm³/mol. The van der Waals surface area contributed by atoms with Gasteiger partial charge in [-0.15, -0.1) is 11.3 Å². The average Bonchev–Trinajstić information content (AvgIpc) is 3.44. The van der Waals surface area contributed by atoms with Gasteiger partial charge in [0, 0.05) is 54.2 Å². The number of rotatable bonds is 4. The van der Waals surface area contributed by atoms with E-state index >= 15 is 0 Å². The van der Waals surface area contributed by atoms with Crippen molar-refractivity contribution in [2.24, 2.45) is 0 Å². The number of fused-ring (bicyclic) bond motifs is 6. The fourth-order valence-electron chi connectivity index (χ4n) is 6.55. The van der Waals surface area contributed by atoms with Gasteiger partial charge in [0.05, 0.1) is 5.52 Å². The Bertz CT molecular complexity index is 1950. The lowest BCUT2D eigenvalue weighted by atomic mass is 10.0. The van der Waals surface area contributed by atoms with Crippen LogP contribution in [0.3, 0.4) is 0 Å². The third-order valence-corrected chi connectivity index (χ3v) is 9.62. The molecule has 3 heteroatoms. The smallest absolute Gasteiger partial charge is 0.0534 e. The van der Waals surface area contributed by atoms with E-state index in [0.717, 1.165) is 37.1 Å². The van der Waals surface area contributed by atoms with Gasteiger partial charge in [-0.25, -0.2) is 0 Å². The number of anilines is 2. The van der Waals surface area contributed by atoms with Gasteiger partial charge in [-0.2, -0.15) is 0 Å². The fourth-order valence-corrected chi connectivity index (χ4v) is 7.76. The van der Waals surface area contributed by atoms with E-state index in [1.165, 1.54) is 65.9 Å². The van der Waals surface area contributed by atoms with E-state index in [4.69, 9.17) is 0 Å². The van der Waals surface area contributed by atoms with Gasteiger partial charge in [-0.05, 0) is 79.6 Å². The molecule has 0 saturated carbocycles. The van der Waals surface area contributed by atoms with E-state index < -0.39 is 0 Å². The Hall–Kier alpha value is -4.34. The van der Waals surface area contributed by atoms with Crippen LogP contribution in [0, 0.1) is 0 Å². The van der Waals surface area contributed by atoms with E-state index in [1.807, 2.05) is 11.3 Å². The highest BCUT2D eigenvalue weighted by molar-refractivity contribution is 7.19. The number of nitrogens with zero attached hydrogens (tertiary/aromatic N) is 1. The third-order valence-electron chi connectivity index (χ3n) is 8.38. The molecule has 1 N–H and O–H groups in total. The molecule has 0 aliphatic heterocycles.